The molecule has 0 aliphatic rings. The molecule has 0 amide bonds. The molecule has 1 aromatic rings. The summed E-state index contributed by atoms with van der Waals surface area (Å²) in [7, 11) is 0. The van der Waals surface area contributed by atoms with E-state index in [-0.39, 0.29) is 5.69 Å². The third kappa shape index (κ3) is 1.95. The first kappa shape index (κ1) is 9.04. The quantitative estimate of drug-likeness (QED) is 0.388. The third-order valence-electron chi connectivity index (χ3n) is 1.35. The molecular formula is C6H5N3O4. The van der Waals surface area contributed by atoms with Crippen molar-refractivity contribution in [1.29, 1.82) is 0 Å². The fourth-order valence-corrected chi connectivity index (χ4v) is 0.822. The molecule has 7 nitrogen and oxygen atoms in total. The van der Waals surface area contributed by atoms with Gasteiger partial charge in [-0.2, -0.15) is 0 Å². The van der Waals surface area contributed by atoms with Crippen molar-refractivity contribution >= 4 is 0 Å². The molecular weight excluding hydrogens is 178 g/mol. The minimum Gasteiger partial charge on any atom is -0.258 e. The first-order valence-electron chi connectivity index (χ1n) is 3.31. The second-order valence-electron chi connectivity index (χ2n) is 2.20. The summed E-state index contributed by atoms with van der Waals surface area (Å²) in [5.41, 5.74) is -0.169. The lowest BCUT2D eigenvalue weighted by molar-refractivity contribution is -0.753. The van der Waals surface area contributed by atoms with Crippen LogP contribution in [0.4, 0.5) is 0 Å². The lowest BCUT2D eigenvalue weighted by Gasteiger charge is -1.99. The van der Waals surface area contributed by atoms with Crippen LogP contribution in [0.25, 0.3) is 0 Å². The van der Waals surface area contributed by atoms with Crippen LogP contribution in [0.3, 0.4) is 0 Å². The Balaban J connectivity index is 3.03. The van der Waals surface area contributed by atoms with E-state index in [9.17, 15) is 20.2 Å². The van der Waals surface area contributed by atoms with Gasteiger partial charge in [-0.25, -0.2) is 4.98 Å². The van der Waals surface area contributed by atoms with E-state index >= 15 is 0 Å². The van der Waals surface area contributed by atoms with Crippen LogP contribution in [0.5, 0.6) is 0 Å². The average Bonchev–Trinajstić information content (AvgIpc) is 2.04. The number of nitrogens with zero attached hydrogens (tertiary/aromatic N) is 3. The van der Waals surface area contributed by atoms with Crippen molar-refractivity contribution in [3.8, 4) is 0 Å². The summed E-state index contributed by atoms with van der Waals surface area (Å²) < 4.78 is 0. The van der Waals surface area contributed by atoms with E-state index in [1.807, 2.05) is 0 Å². The van der Waals surface area contributed by atoms with Crippen molar-refractivity contribution in [1.82, 2.24) is 4.98 Å². The molecule has 13 heavy (non-hydrogen) atoms. The van der Waals surface area contributed by atoms with Crippen LogP contribution in [0.1, 0.15) is 11.9 Å². The summed E-state index contributed by atoms with van der Waals surface area (Å²) >= 11 is 0. The predicted octanol–water partition coefficient (Wildman–Crippen LogP) is 0.634. The summed E-state index contributed by atoms with van der Waals surface area (Å²) in [5.74, 6) is 0. The van der Waals surface area contributed by atoms with E-state index < -0.39 is 16.0 Å². The van der Waals surface area contributed by atoms with Gasteiger partial charge in [0.15, 0.2) is 5.69 Å². The number of aromatic nitrogens is 1. The zero-order chi connectivity index (χ0) is 9.84. The summed E-state index contributed by atoms with van der Waals surface area (Å²) in [6, 6.07) is 4.24. The van der Waals surface area contributed by atoms with Crippen LogP contribution in [0.15, 0.2) is 24.4 Å². The maximum absolute atomic E-state index is 10.3. The minimum absolute atomic E-state index is 0.169. The topological polar surface area (TPSA) is 99.2 Å². The van der Waals surface area contributed by atoms with Crippen LogP contribution in [0.2, 0.25) is 0 Å². The highest BCUT2D eigenvalue weighted by molar-refractivity contribution is 5.04. The van der Waals surface area contributed by atoms with Crippen LogP contribution in [-0.2, 0) is 0 Å². The smallest absolute Gasteiger partial charge is 0.258 e. The lowest BCUT2D eigenvalue weighted by Crippen LogP contribution is -2.20. The van der Waals surface area contributed by atoms with Gasteiger partial charge in [0.25, 0.3) is 0 Å². The monoisotopic (exact) mass is 183 g/mol. The van der Waals surface area contributed by atoms with E-state index in [0.717, 1.165) is 0 Å². The van der Waals surface area contributed by atoms with Crippen molar-refractivity contribution in [3.63, 3.8) is 0 Å². The number of rotatable bonds is 3. The second kappa shape index (κ2) is 3.57. The van der Waals surface area contributed by atoms with Gasteiger partial charge in [-0.1, -0.05) is 6.07 Å². The highest BCUT2D eigenvalue weighted by atomic mass is 16.7. The van der Waals surface area contributed by atoms with Gasteiger partial charge in [0.2, 0.25) is 0 Å². The first-order valence-corrected chi connectivity index (χ1v) is 3.31. The Hall–Kier alpha value is -2.05. The van der Waals surface area contributed by atoms with Gasteiger partial charge in [-0.3, -0.25) is 20.2 Å². The van der Waals surface area contributed by atoms with E-state index in [1.165, 1.54) is 24.4 Å². The maximum Gasteiger partial charge on any atom is 0.492 e. The lowest BCUT2D eigenvalue weighted by atomic mass is 10.3. The fraction of sp³-hybridized carbons (Fsp3) is 0.167. The maximum atomic E-state index is 10.3. The number of nitro groups is 2. The molecule has 0 bridgehead atoms. The zero-order valence-electron chi connectivity index (χ0n) is 6.36. The number of pyridine rings is 1. The van der Waals surface area contributed by atoms with Gasteiger partial charge in [0.05, 0.1) is 0 Å². The average molecular weight is 183 g/mol. The molecule has 0 saturated carbocycles. The van der Waals surface area contributed by atoms with E-state index in [1.54, 1.807) is 0 Å². The first-order chi connectivity index (χ1) is 6.13. The van der Waals surface area contributed by atoms with Crippen LogP contribution in [-0.4, -0.2) is 14.8 Å². The Kier molecular flexibility index (Phi) is 2.48. The van der Waals surface area contributed by atoms with Gasteiger partial charge in [0, 0.05) is 6.20 Å². The van der Waals surface area contributed by atoms with Crippen molar-refractivity contribution in [2.45, 2.75) is 6.17 Å². The Labute approximate surface area is 72.3 Å². The van der Waals surface area contributed by atoms with Gasteiger partial charge in [-0.05, 0) is 12.1 Å². The molecule has 0 unspecified atom stereocenters. The third-order valence-corrected chi connectivity index (χ3v) is 1.35. The molecule has 7 heteroatoms. The molecule has 1 heterocycles. The summed E-state index contributed by atoms with van der Waals surface area (Å²) in [4.78, 5) is 22.1. The van der Waals surface area contributed by atoms with E-state index in [2.05, 4.69) is 4.98 Å². The van der Waals surface area contributed by atoms with Crippen molar-refractivity contribution in [2.75, 3.05) is 0 Å². The summed E-state index contributed by atoms with van der Waals surface area (Å²) in [5, 5.41) is 20.5. The Bertz CT molecular complexity index is 312. The normalized spacial score (nSPS) is 9.92. The van der Waals surface area contributed by atoms with Crippen LogP contribution >= 0.6 is 0 Å². The van der Waals surface area contributed by atoms with Crippen LogP contribution < -0.4 is 0 Å². The fourth-order valence-electron chi connectivity index (χ4n) is 0.822. The predicted molar refractivity (Wildman–Crippen MR) is 41.0 cm³/mol. The Morgan fingerprint density at radius 2 is 1.85 bits per heavy atom. The van der Waals surface area contributed by atoms with Gasteiger partial charge in [-0.15, -0.1) is 0 Å². The zero-order valence-corrected chi connectivity index (χ0v) is 6.36. The Morgan fingerprint density at radius 3 is 2.23 bits per heavy atom. The van der Waals surface area contributed by atoms with E-state index in [0.29, 0.717) is 0 Å². The second-order valence-corrected chi connectivity index (χ2v) is 2.20. The van der Waals surface area contributed by atoms with Crippen molar-refractivity contribution in [3.05, 3.63) is 50.3 Å². The molecule has 0 aliphatic heterocycles. The largest absolute Gasteiger partial charge is 0.492 e. The highest BCUT2D eigenvalue weighted by Crippen LogP contribution is 2.13. The Morgan fingerprint density at radius 1 is 1.23 bits per heavy atom. The number of hydrogen-bond donors (Lipinski definition) is 0. The van der Waals surface area contributed by atoms with Crippen LogP contribution in [0, 0.1) is 20.2 Å². The molecule has 0 saturated heterocycles. The molecule has 0 atom stereocenters. The van der Waals surface area contributed by atoms with Gasteiger partial charge < -0.3 is 0 Å². The molecule has 1 aromatic heterocycles. The van der Waals surface area contributed by atoms with Crippen molar-refractivity contribution in [2.24, 2.45) is 0 Å². The standard InChI is InChI=1S/C6H5N3O4/c10-8(11)6(9(12)13)5-3-1-2-4-7-5/h1-4,6H. The minimum atomic E-state index is -1.97. The van der Waals surface area contributed by atoms with Crippen molar-refractivity contribution < 1.29 is 9.85 Å². The molecule has 1 rings (SSSR count). The summed E-state index contributed by atoms with van der Waals surface area (Å²) in [6.45, 7) is 0. The molecule has 0 spiro atoms. The van der Waals surface area contributed by atoms with E-state index in [4.69, 9.17) is 0 Å². The van der Waals surface area contributed by atoms with Gasteiger partial charge in [0.1, 0.15) is 9.85 Å². The van der Waals surface area contributed by atoms with Gasteiger partial charge >= 0.3 is 6.17 Å². The highest BCUT2D eigenvalue weighted by Gasteiger charge is 2.35. The molecule has 0 aromatic carbocycles. The molecule has 0 N–H and O–H groups in total. The molecule has 0 radical (unpaired) electrons. The number of hydrogen-bond acceptors (Lipinski definition) is 5. The molecule has 0 aliphatic carbocycles. The molecule has 0 fully saturated rings. The SMILES string of the molecule is O=[N+]([O-])C(c1ccccn1)[N+](=O)[O-]. The molecule has 68 valence electrons. The summed E-state index contributed by atoms with van der Waals surface area (Å²) in [6.07, 6.45) is -0.698.